The Hall–Kier alpha value is -2.78. The summed E-state index contributed by atoms with van der Waals surface area (Å²) in [5.74, 6) is 1.95. The van der Waals surface area contributed by atoms with E-state index in [-0.39, 0.29) is 23.3 Å². The fraction of sp³-hybridized carbons (Fsp3) is 0.625. The van der Waals surface area contributed by atoms with Gasteiger partial charge in [0.1, 0.15) is 12.9 Å². The van der Waals surface area contributed by atoms with Gasteiger partial charge in [0.15, 0.2) is 5.13 Å². The number of ether oxygens (including phenoxy) is 1. The van der Waals surface area contributed by atoms with E-state index in [0.29, 0.717) is 41.0 Å². The van der Waals surface area contributed by atoms with Gasteiger partial charge in [-0.05, 0) is 91.7 Å². The second-order valence-electron chi connectivity index (χ2n) is 13.3. The highest BCUT2D eigenvalue weighted by Crippen LogP contribution is 2.63. The summed E-state index contributed by atoms with van der Waals surface area (Å²) in [5, 5.41) is 8.20. The predicted octanol–water partition coefficient (Wildman–Crippen LogP) is 6.12. The molecule has 1 aromatic heterocycles. The largest absolute Gasteiger partial charge is 0.425 e. The highest BCUT2D eigenvalue weighted by Gasteiger charge is 2.57. The predicted molar refractivity (Wildman–Crippen MR) is 162 cm³/mol. The van der Waals surface area contributed by atoms with Crippen LogP contribution in [0.15, 0.2) is 23.5 Å². The highest BCUT2D eigenvalue weighted by atomic mass is 32.1. The molecule has 1 amide bonds. The monoisotopic (exact) mass is 580 g/mol. The number of nitrogens with zero attached hydrogens (tertiary/aromatic N) is 2. The van der Waals surface area contributed by atoms with Crippen LogP contribution in [0.5, 0.6) is 5.75 Å². The maximum absolute atomic E-state index is 12.9. The maximum Gasteiger partial charge on any atom is 0.325 e. The van der Waals surface area contributed by atoms with E-state index in [2.05, 4.69) is 55.3 Å². The van der Waals surface area contributed by atoms with Crippen molar-refractivity contribution in [1.82, 2.24) is 4.98 Å². The molecule has 4 unspecified atom stereocenters. The van der Waals surface area contributed by atoms with Crippen LogP contribution in [-0.2, 0) is 26.3 Å². The van der Waals surface area contributed by atoms with E-state index >= 15 is 0 Å². The Morgan fingerprint density at radius 3 is 2.71 bits per heavy atom. The van der Waals surface area contributed by atoms with Crippen LogP contribution in [0.3, 0.4) is 0 Å². The number of aryl methyl sites for hydroxylation is 2. The standard InChI is InChI=1S/C32H44N4O4S/c1-18-17-34-30(41-18)35-27(37)10-8-20-14-26(36-39-6)32(5)12-11-21-22(29(20)32)9-7-19-13-25(40-28(38)16-33)24(15-23(19)21)31(2,3)4/h13,15,17,20-22,29H,7-12,14,16,33H2,1-6H3,(H,34,35,37)/b36-26+/t20?,21?,22?,29?,32-/m1/s1. The third kappa shape index (κ3) is 5.80. The zero-order valence-corrected chi connectivity index (χ0v) is 26.0. The van der Waals surface area contributed by atoms with Crippen molar-refractivity contribution in [3.63, 3.8) is 0 Å². The summed E-state index contributed by atoms with van der Waals surface area (Å²) in [7, 11) is 1.63. The zero-order valence-electron chi connectivity index (χ0n) is 25.2. The third-order valence-electron chi connectivity index (χ3n) is 9.71. The molecule has 3 N–H and O–H groups in total. The van der Waals surface area contributed by atoms with Crippen molar-refractivity contribution in [1.29, 1.82) is 0 Å². The number of carbonyl (C=O) groups excluding carboxylic acids is 2. The van der Waals surface area contributed by atoms with Crippen LogP contribution in [0.4, 0.5) is 5.13 Å². The van der Waals surface area contributed by atoms with Gasteiger partial charge in [-0.15, -0.1) is 11.3 Å². The van der Waals surface area contributed by atoms with Gasteiger partial charge in [-0.2, -0.15) is 0 Å². The van der Waals surface area contributed by atoms with Crippen LogP contribution in [0.1, 0.15) is 93.7 Å². The minimum atomic E-state index is -0.412. The minimum absolute atomic E-state index is 0.0221. The highest BCUT2D eigenvalue weighted by molar-refractivity contribution is 7.15. The Morgan fingerprint density at radius 1 is 1.27 bits per heavy atom. The molecule has 3 aliphatic rings. The van der Waals surface area contributed by atoms with Crippen LogP contribution < -0.4 is 15.8 Å². The van der Waals surface area contributed by atoms with E-state index in [0.717, 1.165) is 54.7 Å². The van der Waals surface area contributed by atoms with E-state index in [4.69, 9.17) is 15.3 Å². The molecule has 2 aromatic rings. The SMILES string of the molecule is CO/N=C1\CC(CCC(=O)Nc2ncc(C)s2)C2C3CCc4cc(OC(=O)CN)c(C(C)(C)C)cc4C3CC[C@]12C. The lowest BCUT2D eigenvalue weighted by Crippen LogP contribution is -2.44. The maximum atomic E-state index is 12.9. The molecule has 2 saturated carbocycles. The molecule has 2 fully saturated rings. The number of anilines is 1. The van der Waals surface area contributed by atoms with Crippen LogP contribution in [0.2, 0.25) is 0 Å². The molecule has 9 heteroatoms. The number of oxime groups is 1. The second kappa shape index (κ2) is 11.5. The molecule has 5 rings (SSSR count). The van der Waals surface area contributed by atoms with Crippen molar-refractivity contribution in [2.45, 2.75) is 90.9 Å². The smallest absolute Gasteiger partial charge is 0.325 e. The van der Waals surface area contributed by atoms with Gasteiger partial charge in [0, 0.05) is 28.5 Å². The van der Waals surface area contributed by atoms with Crippen LogP contribution >= 0.6 is 11.3 Å². The number of fused-ring (bicyclic) bond motifs is 5. The van der Waals surface area contributed by atoms with Gasteiger partial charge in [0.2, 0.25) is 5.91 Å². The molecule has 3 aliphatic carbocycles. The Labute approximate surface area is 247 Å². The van der Waals surface area contributed by atoms with Crippen molar-refractivity contribution in [2.75, 3.05) is 19.0 Å². The summed E-state index contributed by atoms with van der Waals surface area (Å²) in [4.78, 5) is 35.8. The normalized spacial score (nSPS) is 28.0. The lowest BCUT2D eigenvalue weighted by atomic mass is 9.53. The number of aromatic nitrogens is 1. The summed E-state index contributed by atoms with van der Waals surface area (Å²) >= 11 is 1.50. The van der Waals surface area contributed by atoms with Gasteiger partial charge in [0.25, 0.3) is 0 Å². The Morgan fingerprint density at radius 2 is 2.05 bits per heavy atom. The second-order valence-corrected chi connectivity index (χ2v) is 14.5. The topological polar surface area (TPSA) is 116 Å². The van der Waals surface area contributed by atoms with Crippen molar-refractivity contribution in [3.05, 3.63) is 39.9 Å². The van der Waals surface area contributed by atoms with Gasteiger partial charge in [-0.3, -0.25) is 9.59 Å². The van der Waals surface area contributed by atoms with E-state index in [1.54, 1.807) is 13.3 Å². The number of rotatable bonds is 7. The number of hydrogen-bond acceptors (Lipinski definition) is 8. The van der Waals surface area contributed by atoms with Gasteiger partial charge >= 0.3 is 5.97 Å². The Kier molecular flexibility index (Phi) is 8.32. The van der Waals surface area contributed by atoms with Crippen LogP contribution in [0, 0.1) is 30.1 Å². The van der Waals surface area contributed by atoms with Crippen LogP contribution in [0.25, 0.3) is 0 Å². The molecule has 8 nitrogen and oxygen atoms in total. The Bertz CT molecular complexity index is 1350. The first kappa shape index (κ1) is 29.7. The van der Waals surface area contributed by atoms with Gasteiger partial charge in [-0.1, -0.05) is 38.9 Å². The number of benzene rings is 1. The van der Waals surface area contributed by atoms with E-state index in [1.807, 2.05) is 6.92 Å². The molecule has 41 heavy (non-hydrogen) atoms. The third-order valence-corrected chi connectivity index (χ3v) is 10.5. The first-order chi connectivity index (χ1) is 19.4. The molecule has 1 aromatic carbocycles. The van der Waals surface area contributed by atoms with Gasteiger partial charge in [0.05, 0.1) is 12.3 Å². The summed E-state index contributed by atoms with van der Waals surface area (Å²) < 4.78 is 5.73. The molecular formula is C32H44N4O4S. The molecular weight excluding hydrogens is 536 g/mol. The number of nitrogens with one attached hydrogen (secondary N) is 1. The molecule has 0 saturated heterocycles. The number of carbonyl (C=O) groups is 2. The fourth-order valence-electron chi connectivity index (χ4n) is 7.94. The Balaban J connectivity index is 1.43. The molecule has 0 aliphatic heterocycles. The van der Waals surface area contributed by atoms with Gasteiger partial charge < -0.3 is 20.6 Å². The molecule has 0 radical (unpaired) electrons. The average Bonchev–Trinajstić information content (AvgIpc) is 3.45. The summed E-state index contributed by atoms with van der Waals surface area (Å²) in [6.07, 6.45) is 8.06. The quantitative estimate of drug-likeness (QED) is 0.232. The number of amides is 1. The molecule has 5 atom stereocenters. The molecule has 1 heterocycles. The fourth-order valence-corrected chi connectivity index (χ4v) is 8.62. The van der Waals surface area contributed by atoms with Crippen molar-refractivity contribution < 1.29 is 19.2 Å². The minimum Gasteiger partial charge on any atom is -0.425 e. The summed E-state index contributed by atoms with van der Waals surface area (Å²) in [6, 6.07) is 4.41. The molecule has 0 bridgehead atoms. The lowest BCUT2D eigenvalue weighted by molar-refractivity contribution is -0.132. The average molecular weight is 581 g/mol. The number of thiazole rings is 1. The van der Waals surface area contributed by atoms with Crippen molar-refractivity contribution in [2.24, 2.45) is 34.1 Å². The zero-order chi connectivity index (χ0) is 29.5. The summed E-state index contributed by atoms with van der Waals surface area (Å²) in [6.45, 7) is 10.7. The first-order valence-corrected chi connectivity index (χ1v) is 15.7. The molecule has 0 spiro atoms. The summed E-state index contributed by atoms with van der Waals surface area (Å²) in [5.41, 5.74) is 10.2. The number of hydrogen-bond donors (Lipinski definition) is 2. The van der Waals surface area contributed by atoms with E-state index in [9.17, 15) is 9.59 Å². The molecule has 222 valence electrons. The van der Waals surface area contributed by atoms with E-state index in [1.165, 1.54) is 22.5 Å². The van der Waals surface area contributed by atoms with Crippen LogP contribution in [-0.4, -0.2) is 36.2 Å². The number of esters is 1. The first-order valence-electron chi connectivity index (χ1n) is 14.9. The van der Waals surface area contributed by atoms with Crippen molar-refractivity contribution >= 4 is 34.1 Å². The van der Waals surface area contributed by atoms with Crippen molar-refractivity contribution in [3.8, 4) is 5.75 Å². The van der Waals surface area contributed by atoms with E-state index < -0.39 is 5.97 Å². The van der Waals surface area contributed by atoms with Gasteiger partial charge in [-0.25, -0.2) is 4.98 Å². The lowest BCUT2D eigenvalue weighted by Gasteiger charge is -2.50. The number of nitrogens with two attached hydrogens (primary N) is 1.